The first-order chi connectivity index (χ1) is 19.7. The number of benzene rings is 2. The van der Waals surface area contributed by atoms with E-state index in [1.165, 1.54) is 23.1 Å². The number of rotatable bonds is 6. The predicted molar refractivity (Wildman–Crippen MR) is 162 cm³/mol. The van der Waals surface area contributed by atoms with E-state index in [1.807, 2.05) is 30.3 Å². The highest BCUT2D eigenvalue weighted by Crippen LogP contribution is 2.52. The standard InChI is InChI=1S/C34H42BNO5/c1-20(2)26-18-27-32(34(39)36(33(27)38)23-9-5-4-6-10-23)28-19-35(40)41-30(31(26)28)16-13-21(3)17-22-14-15-29(37)25-12-8-7-11-24(22)25/h7-8,11-12,14-15,17,20,23,27-28,30,32,37,40H,4-6,9-10,13,16,18-19H2,1-3H3/b21-17+/t27-,28+,30-,32-/m1/s1. The molecule has 4 atom stereocenters. The second-order valence-corrected chi connectivity index (χ2v) is 13.0. The van der Waals surface area contributed by atoms with E-state index < -0.39 is 7.12 Å². The van der Waals surface area contributed by atoms with Gasteiger partial charge in [0, 0.05) is 11.4 Å². The van der Waals surface area contributed by atoms with Crippen molar-refractivity contribution in [1.29, 1.82) is 0 Å². The molecule has 0 bridgehead atoms. The summed E-state index contributed by atoms with van der Waals surface area (Å²) < 4.78 is 6.20. The van der Waals surface area contributed by atoms with Gasteiger partial charge in [0.2, 0.25) is 11.8 Å². The molecule has 6 nitrogen and oxygen atoms in total. The van der Waals surface area contributed by atoms with Gasteiger partial charge in [0.1, 0.15) is 5.75 Å². The van der Waals surface area contributed by atoms with E-state index in [0.29, 0.717) is 19.2 Å². The summed E-state index contributed by atoms with van der Waals surface area (Å²) in [6.45, 7) is 6.44. The third kappa shape index (κ3) is 5.16. The second-order valence-electron chi connectivity index (χ2n) is 13.0. The molecule has 3 fully saturated rings. The number of carbonyl (C=O) groups is 2. The molecule has 1 saturated carbocycles. The van der Waals surface area contributed by atoms with Gasteiger partial charge in [0.25, 0.3) is 0 Å². The Kier molecular flexibility index (Phi) is 7.86. The van der Waals surface area contributed by atoms with E-state index in [9.17, 15) is 19.7 Å². The Morgan fingerprint density at radius 1 is 1.05 bits per heavy atom. The lowest BCUT2D eigenvalue weighted by Gasteiger charge is -2.44. The van der Waals surface area contributed by atoms with E-state index in [4.69, 9.17) is 4.65 Å². The van der Waals surface area contributed by atoms with Gasteiger partial charge >= 0.3 is 7.12 Å². The number of fused-ring (bicyclic) bond motifs is 4. The van der Waals surface area contributed by atoms with E-state index in [0.717, 1.165) is 48.4 Å². The molecule has 6 rings (SSSR count). The van der Waals surface area contributed by atoms with Crippen molar-refractivity contribution in [3.63, 3.8) is 0 Å². The minimum atomic E-state index is -0.946. The van der Waals surface area contributed by atoms with Crippen LogP contribution in [0.5, 0.6) is 5.75 Å². The number of aromatic hydroxyl groups is 1. The lowest BCUT2D eigenvalue weighted by Crippen LogP contribution is -2.47. The summed E-state index contributed by atoms with van der Waals surface area (Å²) in [6, 6.07) is 11.6. The lowest BCUT2D eigenvalue weighted by molar-refractivity contribution is -0.143. The predicted octanol–water partition coefficient (Wildman–Crippen LogP) is 6.51. The van der Waals surface area contributed by atoms with Gasteiger partial charge in [0.05, 0.1) is 17.9 Å². The second kappa shape index (κ2) is 11.4. The van der Waals surface area contributed by atoms with Crippen molar-refractivity contribution in [3.05, 3.63) is 58.7 Å². The van der Waals surface area contributed by atoms with Crippen molar-refractivity contribution in [3.8, 4) is 5.75 Å². The number of hydrogen-bond acceptors (Lipinski definition) is 5. The maximum atomic E-state index is 13.9. The van der Waals surface area contributed by atoms with Crippen LogP contribution in [0.2, 0.25) is 6.32 Å². The summed E-state index contributed by atoms with van der Waals surface area (Å²) in [6.07, 6.45) is 9.47. The lowest BCUT2D eigenvalue weighted by atomic mass is 9.57. The smallest absolute Gasteiger partial charge is 0.455 e. The molecule has 0 unspecified atom stereocenters. The molecule has 2 aliphatic carbocycles. The van der Waals surface area contributed by atoms with Crippen LogP contribution < -0.4 is 0 Å². The van der Waals surface area contributed by atoms with E-state index in [-0.39, 0.29) is 53.4 Å². The molecule has 216 valence electrons. The van der Waals surface area contributed by atoms with E-state index in [1.54, 1.807) is 11.0 Å². The molecular formula is C34H42BNO5. The maximum absolute atomic E-state index is 13.9. The van der Waals surface area contributed by atoms with Gasteiger partial charge in [-0.05, 0) is 79.8 Å². The van der Waals surface area contributed by atoms with Crippen molar-refractivity contribution in [2.24, 2.45) is 23.7 Å². The fourth-order valence-corrected chi connectivity index (χ4v) is 8.10. The average Bonchev–Trinajstić information content (AvgIpc) is 3.22. The number of allylic oxidation sites excluding steroid dienone is 2. The van der Waals surface area contributed by atoms with Crippen LogP contribution in [0.25, 0.3) is 16.8 Å². The monoisotopic (exact) mass is 555 g/mol. The van der Waals surface area contributed by atoms with Crippen LogP contribution in [-0.4, -0.2) is 46.1 Å². The molecule has 2 aliphatic heterocycles. The molecule has 7 heteroatoms. The number of phenols is 1. The first kappa shape index (κ1) is 28.2. The zero-order valence-electron chi connectivity index (χ0n) is 24.5. The third-order valence-corrected chi connectivity index (χ3v) is 10.1. The van der Waals surface area contributed by atoms with Crippen molar-refractivity contribution in [2.45, 2.75) is 90.6 Å². The largest absolute Gasteiger partial charge is 0.507 e. The number of hydrogen-bond donors (Lipinski definition) is 2. The summed E-state index contributed by atoms with van der Waals surface area (Å²) in [5.41, 5.74) is 4.64. The Morgan fingerprint density at radius 3 is 2.51 bits per heavy atom. The van der Waals surface area contributed by atoms with Crippen molar-refractivity contribution in [1.82, 2.24) is 4.90 Å². The highest BCUT2D eigenvalue weighted by molar-refractivity contribution is 6.43. The average molecular weight is 556 g/mol. The van der Waals surface area contributed by atoms with Gasteiger partial charge in [-0.1, -0.05) is 80.7 Å². The SMILES string of the molecule is C/C(=C\c1ccc(O)c2ccccc12)CC[C@H]1OB(O)C[C@H]2C1=C(C(C)C)C[C@H]1C(=O)N(C3CCCCC3)C(=O)[C@H]12. The highest BCUT2D eigenvalue weighted by Gasteiger charge is 2.58. The summed E-state index contributed by atoms with van der Waals surface area (Å²) in [5, 5.41) is 23.0. The topological polar surface area (TPSA) is 87.1 Å². The molecule has 0 aromatic heterocycles. The van der Waals surface area contributed by atoms with Gasteiger partial charge < -0.3 is 14.8 Å². The molecule has 0 radical (unpaired) electrons. The fourth-order valence-electron chi connectivity index (χ4n) is 8.10. The van der Waals surface area contributed by atoms with Crippen LogP contribution >= 0.6 is 0 Å². The van der Waals surface area contributed by atoms with Crippen LogP contribution in [-0.2, 0) is 14.2 Å². The Labute approximate surface area is 243 Å². The van der Waals surface area contributed by atoms with Gasteiger partial charge in [-0.15, -0.1) is 0 Å². The number of carbonyl (C=O) groups excluding carboxylic acids is 2. The Hall–Kier alpha value is -2.90. The molecule has 41 heavy (non-hydrogen) atoms. The van der Waals surface area contributed by atoms with Crippen molar-refractivity contribution >= 4 is 35.8 Å². The van der Waals surface area contributed by atoms with Crippen molar-refractivity contribution < 1.29 is 24.4 Å². The normalized spacial score (nSPS) is 27.7. The molecule has 2 heterocycles. The zero-order valence-corrected chi connectivity index (χ0v) is 24.5. The minimum Gasteiger partial charge on any atom is -0.507 e. The molecule has 2 saturated heterocycles. The van der Waals surface area contributed by atoms with Crippen LogP contribution in [0.1, 0.15) is 77.7 Å². The van der Waals surface area contributed by atoms with E-state index in [2.05, 4.69) is 26.8 Å². The van der Waals surface area contributed by atoms with Crippen LogP contribution in [0.15, 0.2) is 53.1 Å². The number of phenolic OH excluding ortho intramolecular Hbond substituents is 1. The van der Waals surface area contributed by atoms with Crippen LogP contribution in [0.3, 0.4) is 0 Å². The Bertz CT molecular complexity index is 1410. The van der Waals surface area contributed by atoms with E-state index >= 15 is 0 Å². The molecule has 2 N–H and O–H groups in total. The van der Waals surface area contributed by atoms with Gasteiger partial charge in [0.15, 0.2) is 0 Å². The highest BCUT2D eigenvalue weighted by atomic mass is 16.5. The molecule has 4 aliphatic rings. The molecule has 0 spiro atoms. The third-order valence-electron chi connectivity index (χ3n) is 10.1. The summed E-state index contributed by atoms with van der Waals surface area (Å²) >= 11 is 0. The van der Waals surface area contributed by atoms with Crippen LogP contribution in [0.4, 0.5) is 0 Å². The van der Waals surface area contributed by atoms with Crippen LogP contribution in [0, 0.1) is 23.7 Å². The van der Waals surface area contributed by atoms with Gasteiger partial charge in [-0.25, -0.2) is 0 Å². The summed E-state index contributed by atoms with van der Waals surface area (Å²) in [7, 11) is -0.946. The first-order valence-corrected chi connectivity index (χ1v) is 15.6. The molecular weight excluding hydrogens is 513 g/mol. The number of imide groups is 1. The minimum absolute atomic E-state index is 0.0136. The number of amides is 2. The maximum Gasteiger partial charge on any atom is 0.455 e. The first-order valence-electron chi connectivity index (χ1n) is 15.6. The van der Waals surface area contributed by atoms with Gasteiger partial charge in [-0.3, -0.25) is 14.5 Å². The summed E-state index contributed by atoms with van der Waals surface area (Å²) in [5.74, 6) is -0.343. The zero-order chi connectivity index (χ0) is 28.8. The van der Waals surface area contributed by atoms with Gasteiger partial charge in [-0.2, -0.15) is 0 Å². The quantitative estimate of drug-likeness (QED) is 0.241. The molecule has 2 aromatic rings. The van der Waals surface area contributed by atoms with Crippen molar-refractivity contribution in [2.75, 3.05) is 0 Å². The Balaban J connectivity index is 1.27. The number of nitrogens with zero attached hydrogens (tertiary/aromatic N) is 1. The summed E-state index contributed by atoms with van der Waals surface area (Å²) in [4.78, 5) is 29.3. The fraction of sp³-hybridized carbons (Fsp3) is 0.529. The Morgan fingerprint density at radius 2 is 1.78 bits per heavy atom. The molecule has 2 amide bonds. The molecule has 2 aromatic carbocycles. The number of likely N-dealkylation sites (tertiary alicyclic amines) is 1.